The van der Waals surface area contributed by atoms with Crippen molar-refractivity contribution in [3.63, 3.8) is 0 Å². The number of unbranched alkanes of at least 4 members (excludes halogenated alkanes) is 7. The predicted octanol–water partition coefficient (Wildman–Crippen LogP) is 4.90. The van der Waals surface area contributed by atoms with Gasteiger partial charge < -0.3 is 4.74 Å². The Morgan fingerprint density at radius 2 is 1.44 bits per heavy atom. The average molecular weight is 256 g/mol. The van der Waals surface area contributed by atoms with Crippen molar-refractivity contribution in [2.45, 2.75) is 97.7 Å². The molecule has 0 N–H and O–H groups in total. The van der Waals surface area contributed by atoms with Gasteiger partial charge in [0.15, 0.2) is 5.78 Å². The summed E-state index contributed by atoms with van der Waals surface area (Å²) in [4.78, 5) is 11.4. The van der Waals surface area contributed by atoms with Gasteiger partial charge >= 0.3 is 0 Å². The third kappa shape index (κ3) is 10.8. The molecular weight excluding hydrogens is 224 g/mol. The Morgan fingerprint density at radius 1 is 0.944 bits per heavy atom. The van der Waals surface area contributed by atoms with Gasteiger partial charge in [0.2, 0.25) is 0 Å². The quantitative estimate of drug-likeness (QED) is 0.464. The molecule has 0 saturated carbocycles. The van der Waals surface area contributed by atoms with E-state index in [0.717, 1.165) is 12.8 Å². The van der Waals surface area contributed by atoms with Gasteiger partial charge in [-0.1, -0.05) is 58.3 Å². The maximum absolute atomic E-state index is 11.4. The molecule has 0 heterocycles. The first-order valence-corrected chi connectivity index (χ1v) is 7.73. The van der Waals surface area contributed by atoms with E-state index >= 15 is 0 Å². The fraction of sp³-hybridized carbons (Fsp3) is 0.938. The van der Waals surface area contributed by atoms with Crippen molar-refractivity contribution in [2.24, 2.45) is 0 Å². The molecule has 0 aliphatic heterocycles. The van der Waals surface area contributed by atoms with Crippen LogP contribution < -0.4 is 0 Å². The molecule has 0 aromatic carbocycles. The second-order valence-corrected chi connectivity index (χ2v) is 5.55. The predicted molar refractivity (Wildman–Crippen MR) is 77.9 cm³/mol. The van der Waals surface area contributed by atoms with Gasteiger partial charge in [0.05, 0.1) is 6.10 Å². The number of rotatable bonds is 12. The molecule has 18 heavy (non-hydrogen) atoms. The van der Waals surface area contributed by atoms with E-state index in [1.165, 1.54) is 44.9 Å². The molecule has 1 unspecified atom stereocenters. The summed E-state index contributed by atoms with van der Waals surface area (Å²) in [5, 5.41) is 0. The van der Waals surface area contributed by atoms with E-state index in [1.54, 1.807) is 6.92 Å². The summed E-state index contributed by atoms with van der Waals surface area (Å²) in [6.07, 6.45) is 11.3. The monoisotopic (exact) mass is 256 g/mol. The van der Waals surface area contributed by atoms with E-state index in [1.807, 2.05) is 13.8 Å². The van der Waals surface area contributed by atoms with Crippen LogP contribution in [0.3, 0.4) is 0 Å². The van der Waals surface area contributed by atoms with Crippen molar-refractivity contribution in [1.29, 1.82) is 0 Å². The lowest BCUT2D eigenvalue weighted by atomic mass is 10.0. The van der Waals surface area contributed by atoms with E-state index in [2.05, 4.69) is 6.92 Å². The Kier molecular flexibility index (Phi) is 11.5. The Bertz CT molecular complexity index is 199. The maximum atomic E-state index is 11.4. The Labute approximate surface area is 113 Å². The summed E-state index contributed by atoms with van der Waals surface area (Å²) in [6.45, 7) is 7.86. The third-order valence-electron chi connectivity index (χ3n) is 3.21. The molecule has 0 aromatic rings. The van der Waals surface area contributed by atoms with E-state index in [0.29, 0.717) is 0 Å². The van der Waals surface area contributed by atoms with Crippen LogP contribution >= 0.6 is 0 Å². The molecule has 2 heteroatoms. The van der Waals surface area contributed by atoms with Crippen LogP contribution in [0.1, 0.15) is 85.5 Å². The Hall–Kier alpha value is -0.370. The van der Waals surface area contributed by atoms with E-state index in [-0.39, 0.29) is 18.0 Å². The summed E-state index contributed by atoms with van der Waals surface area (Å²) in [5.74, 6) is 0.173. The number of Topliss-reactive ketones (excluding diaryl/α,β-unsaturated/α-hetero) is 1. The highest BCUT2D eigenvalue weighted by atomic mass is 16.5. The zero-order valence-electron chi connectivity index (χ0n) is 12.8. The van der Waals surface area contributed by atoms with E-state index in [9.17, 15) is 4.79 Å². The van der Waals surface area contributed by atoms with Crippen LogP contribution in [0.2, 0.25) is 0 Å². The van der Waals surface area contributed by atoms with Crippen molar-refractivity contribution in [1.82, 2.24) is 0 Å². The van der Waals surface area contributed by atoms with Crippen LogP contribution in [-0.4, -0.2) is 18.0 Å². The summed E-state index contributed by atoms with van der Waals surface area (Å²) >= 11 is 0. The van der Waals surface area contributed by atoms with Gasteiger partial charge in [-0.15, -0.1) is 0 Å². The smallest absolute Gasteiger partial charge is 0.158 e. The standard InChI is InChI=1S/C16H32O2/c1-5-6-7-8-9-10-11-12-13-16(15(4)17)18-14(2)3/h14,16H,5-13H2,1-4H3. The van der Waals surface area contributed by atoms with Crippen molar-refractivity contribution < 1.29 is 9.53 Å². The van der Waals surface area contributed by atoms with Crippen LogP contribution in [-0.2, 0) is 9.53 Å². The highest BCUT2D eigenvalue weighted by molar-refractivity contribution is 5.80. The second-order valence-electron chi connectivity index (χ2n) is 5.55. The van der Waals surface area contributed by atoms with Crippen molar-refractivity contribution in [2.75, 3.05) is 0 Å². The van der Waals surface area contributed by atoms with Gasteiger partial charge in [0.1, 0.15) is 6.10 Å². The van der Waals surface area contributed by atoms with Gasteiger partial charge in [-0.25, -0.2) is 0 Å². The van der Waals surface area contributed by atoms with Crippen molar-refractivity contribution in [3.8, 4) is 0 Å². The first kappa shape index (κ1) is 17.6. The summed E-state index contributed by atoms with van der Waals surface area (Å²) in [5.41, 5.74) is 0. The van der Waals surface area contributed by atoms with Gasteiger partial charge in [-0.3, -0.25) is 4.79 Å². The molecule has 0 saturated heterocycles. The number of ketones is 1. The number of carbonyl (C=O) groups is 1. The SMILES string of the molecule is CCCCCCCCCCC(OC(C)C)C(C)=O. The zero-order chi connectivity index (χ0) is 13.8. The van der Waals surface area contributed by atoms with Gasteiger partial charge in [0.25, 0.3) is 0 Å². The highest BCUT2D eigenvalue weighted by Gasteiger charge is 2.15. The molecule has 0 aliphatic rings. The van der Waals surface area contributed by atoms with Crippen LogP contribution in [0.4, 0.5) is 0 Å². The molecule has 0 rings (SSSR count). The van der Waals surface area contributed by atoms with Crippen LogP contribution in [0.15, 0.2) is 0 Å². The molecule has 0 bridgehead atoms. The lowest BCUT2D eigenvalue weighted by molar-refractivity contribution is -0.131. The summed E-state index contributed by atoms with van der Waals surface area (Å²) in [6, 6.07) is 0. The molecule has 0 radical (unpaired) electrons. The number of hydrogen-bond donors (Lipinski definition) is 0. The topological polar surface area (TPSA) is 26.3 Å². The minimum atomic E-state index is -0.176. The first-order valence-electron chi connectivity index (χ1n) is 7.73. The minimum Gasteiger partial charge on any atom is -0.368 e. The normalized spacial score (nSPS) is 12.9. The number of ether oxygens (including phenoxy) is 1. The molecule has 0 aromatic heterocycles. The number of carbonyl (C=O) groups excluding carboxylic acids is 1. The lowest BCUT2D eigenvalue weighted by Crippen LogP contribution is -2.25. The molecule has 0 spiro atoms. The average Bonchev–Trinajstić information content (AvgIpc) is 2.30. The Morgan fingerprint density at radius 3 is 1.89 bits per heavy atom. The molecular formula is C16H32O2. The zero-order valence-corrected chi connectivity index (χ0v) is 12.8. The van der Waals surface area contributed by atoms with Crippen molar-refractivity contribution >= 4 is 5.78 Å². The fourth-order valence-corrected chi connectivity index (χ4v) is 2.16. The van der Waals surface area contributed by atoms with Crippen molar-refractivity contribution in [3.05, 3.63) is 0 Å². The fourth-order valence-electron chi connectivity index (χ4n) is 2.16. The third-order valence-corrected chi connectivity index (χ3v) is 3.21. The Balaban J connectivity index is 3.47. The molecule has 0 amide bonds. The van der Waals surface area contributed by atoms with E-state index < -0.39 is 0 Å². The molecule has 2 nitrogen and oxygen atoms in total. The minimum absolute atomic E-state index is 0.146. The lowest BCUT2D eigenvalue weighted by Gasteiger charge is -2.17. The molecule has 108 valence electrons. The first-order chi connectivity index (χ1) is 8.57. The second kappa shape index (κ2) is 11.7. The maximum Gasteiger partial charge on any atom is 0.158 e. The summed E-state index contributed by atoms with van der Waals surface area (Å²) in [7, 11) is 0. The molecule has 1 atom stereocenters. The number of hydrogen-bond acceptors (Lipinski definition) is 2. The van der Waals surface area contributed by atoms with Crippen LogP contribution in [0.25, 0.3) is 0 Å². The van der Waals surface area contributed by atoms with E-state index in [4.69, 9.17) is 4.74 Å². The summed E-state index contributed by atoms with van der Waals surface area (Å²) < 4.78 is 5.62. The van der Waals surface area contributed by atoms with Crippen LogP contribution in [0, 0.1) is 0 Å². The molecule has 0 fully saturated rings. The van der Waals surface area contributed by atoms with Gasteiger partial charge in [-0.2, -0.15) is 0 Å². The van der Waals surface area contributed by atoms with Crippen LogP contribution in [0.5, 0.6) is 0 Å². The van der Waals surface area contributed by atoms with Gasteiger partial charge in [0, 0.05) is 0 Å². The highest BCUT2D eigenvalue weighted by Crippen LogP contribution is 2.13. The molecule has 0 aliphatic carbocycles. The largest absolute Gasteiger partial charge is 0.368 e. The van der Waals surface area contributed by atoms with Gasteiger partial charge in [-0.05, 0) is 27.2 Å².